The van der Waals surface area contributed by atoms with Gasteiger partial charge in [0.05, 0.1) is 0 Å². The number of nitrogens with one attached hydrogen (secondary N) is 1. The maximum Gasteiger partial charge on any atom is 1.00 e. The van der Waals surface area contributed by atoms with E-state index in [1.54, 1.807) is 0 Å². The van der Waals surface area contributed by atoms with Crippen LogP contribution in [0.3, 0.4) is 0 Å². The topological polar surface area (TPSA) is 29.1 Å². The Morgan fingerprint density at radius 3 is 1.83 bits per heavy atom. The summed E-state index contributed by atoms with van der Waals surface area (Å²) < 4.78 is 0. The van der Waals surface area contributed by atoms with E-state index < -0.39 is 0 Å². The van der Waals surface area contributed by atoms with Crippen LogP contribution in [0.25, 0.3) is 0 Å². The van der Waals surface area contributed by atoms with Crippen LogP contribution in [0.1, 0.15) is 85.9 Å². The molecule has 0 aromatic carbocycles. The van der Waals surface area contributed by atoms with Crippen LogP contribution in [0.2, 0.25) is 0 Å². The molecule has 0 unspecified atom stereocenters. The molecule has 0 saturated carbocycles. The number of hydrogen-bond acceptors (Lipinski definition) is 1. The first-order valence-corrected chi connectivity index (χ1v) is 7.58. The first-order chi connectivity index (χ1) is 8.31. The van der Waals surface area contributed by atoms with Crippen LogP contribution in [0.5, 0.6) is 0 Å². The molecule has 3 heteroatoms. The Labute approximate surface area is 137 Å². The van der Waals surface area contributed by atoms with Crippen molar-refractivity contribution in [2.75, 3.05) is 6.54 Å². The van der Waals surface area contributed by atoms with Crippen molar-refractivity contribution < 1.29 is 35.8 Å². The summed E-state index contributed by atoms with van der Waals surface area (Å²) in [6.07, 6.45) is 13.6. The van der Waals surface area contributed by atoms with E-state index in [0.29, 0.717) is 0 Å². The van der Waals surface area contributed by atoms with E-state index in [0.717, 1.165) is 25.8 Å². The summed E-state index contributed by atoms with van der Waals surface area (Å²) in [6, 6.07) is 0. The molecule has 104 valence electrons. The molecule has 0 aliphatic heterocycles. The van der Waals surface area contributed by atoms with Crippen molar-refractivity contribution in [2.24, 2.45) is 0 Å². The molecule has 2 nitrogen and oxygen atoms in total. The molecule has 1 N–H and O–H groups in total. The molecule has 0 aromatic heterocycles. The first kappa shape index (κ1) is 20.8. The number of unbranched alkanes of at least 4 members (excludes halogenated alkanes) is 8. The average molecular weight is 265 g/mol. The fourth-order valence-electron chi connectivity index (χ4n) is 1.95. The molecular formula is C15H32NNaO. The SMILES string of the molecule is CCCCCCCCCCCC(=O)NCCC.[H-].[Na+]. The Balaban J connectivity index is -0.00000128. The van der Waals surface area contributed by atoms with Crippen LogP contribution in [-0.4, -0.2) is 12.5 Å². The Morgan fingerprint density at radius 1 is 0.833 bits per heavy atom. The van der Waals surface area contributed by atoms with E-state index in [1.807, 2.05) is 0 Å². The van der Waals surface area contributed by atoms with Crippen LogP contribution < -0.4 is 34.9 Å². The number of hydrogen-bond donors (Lipinski definition) is 1. The van der Waals surface area contributed by atoms with Crippen molar-refractivity contribution in [3.05, 3.63) is 0 Å². The third-order valence-electron chi connectivity index (χ3n) is 3.08. The van der Waals surface area contributed by atoms with Gasteiger partial charge >= 0.3 is 29.6 Å². The second kappa shape index (κ2) is 17.5. The number of amides is 1. The summed E-state index contributed by atoms with van der Waals surface area (Å²) in [5, 5.41) is 2.92. The van der Waals surface area contributed by atoms with Gasteiger partial charge < -0.3 is 6.74 Å². The molecule has 0 aliphatic carbocycles. The summed E-state index contributed by atoms with van der Waals surface area (Å²) >= 11 is 0. The predicted octanol–water partition coefficient (Wildman–Crippen LogP) is 1.55. The minimum Gasteiger partial charge on any atom is -1.00 e. The fourth-order valence-corrected chi connectivity index (χ4v) is 1.95. The van der Waals surface area contributed by atoms with Crippen LogP contribution in [-0.2, 0) is 4.79 Å². The maximum absolute atomic E-state index is 11.3. The smallest absolute Gasteiger partial charge is 1.00 e. The van der Waals surface area contributed by atoms with E-state index in [1.165, 1.54) is 51.4 Å². The molecule has 0 saturated heterocycles. The van der Waals surface area contributed by atoms with Gasteiger partial charge in [0.25, 0.3) is 0 Å². The molecule has 18 heavy (non-hydrogen) atoms. The van der Waals surface area contributed by atoms with Gasteiger partial charge in [-0.25, -0.2) is 0 Å². The van der Waals surface area contributed by atoms with Gasteiger partial charge in [-0.05, 0) is 12.8 Å². The van der Waals surface area contributed by atoms with Gasteiger partial charge in [-0.3, -0.25) is 4.79 Å². The van der Waals surface area contributed by atoms with Crippen LogP contribution >= 0.6 is 0 Å². The zero-order chi connectivity index (χ0) is 12.8. The van der Waals surface area contributed by atoms with Crippen molar-refractivity contribution in [3.63, 3.8) is 0 Å². The van der Waals surface area contributed by atoms with E-state index in [-0.39, 0.29) is 36.9 Å². The molecule has 0 heterocycles. The summed E-state index contributed by atoms with van der Waals surface area (Å²) in [5.41, 5.74) is 0. The zero-order valence-electron chi connectivity index (χ0n) is 13.9. The van der Waals surface area contributed by atoms with E-state index in [4.69, 9.17) is 0 Å². The number of carbonyl (C=O) groups excluding carboxylic acids is 1. The maximum atomic E-state index is 11.3. The standard InChI is InChI=1S/C15H31NO.Na.H/c1-3-5-6-7-8-9-10-11-12-13-15(17)16-14-4-2;;/h3-14H2,1-2H3,(H,16,17);;/q;+1;-1. The Kier molecular flexibility index (Phi) is 20.2. The Morgan fingerprint density at radius 2 is 1.33 bits per heavy atom. The molecule has 0 fully saturated rings. The number of carbonyl (C=O) groups is 1. The van der Waals surface area contributed by atoms with Gasteiger partial charge in [-0.15, -0.1) is 0 Å². The van der Waals surface area contributed by atoms with E-state index in [9.17, 15) is 4.79 Å². The van der Waals surface area contributed by atoms with Crippen molar-refractivity contribution in [1.82, 2.24) is 5.32 Å². The van der Waals surface area contributed by atoms with Crippen LogP contribution in [0.15, 0.2) is 0 Å². The quantitative estimate of drug-likeness (QED) is 0.421. The largest absolute Gasteiger partial charge is 1.00 e. The minimum atomic E-state index is 0. The summed E-state index contributed by atoms with van der Waals surface area (Å²) in [6.45, 7) is 5.17. The molecule has 1 amide bonds. The van der Waals surface area contributed by atoms with Crippen molar-refractivity contribution >= 4 is 5.91 Å². The molecular weight excluding hydrogens is 233 g/mol. The molecule has 0 aromatic rings. The second-order valence-corrected chi connectivity index (χ2v) is 4.93. The van der Waals surface area contributed by atoms with Gasteiger partial charge in [0.1, 0.15) is 0 Å². The van der Waals surface area contributed by atoms with Crippen LogP contribution in [0, 0.1) is 0 Å². The Bertz CT molecular complexity index is 180. The average Bonchev–Trinajstić information content (AvgIpc) is 2.34. The summed E-state index contributed by atoms with van der Waals surface area (Å²) in [7, 11) is 0. The van der Waals surface area contributed by atoms with E-state index >= 15 is 0 Å². The van der Waals surface area contributed by atoms with Crippen molar-refractivity contribution in [3.8, 4) is 0 Å². The molecule has 0 bridgehead atoms. The molecule has 0 rings (SSSR count). The van der Waals surface area contributed by atoms with Crippen molar-refractivity contribution in [2.45, 2.75) is 84.5 Å². The van der Waals surface area contributed by atoms with Gasteiger partial charge in [-0.2, -0.15) is 0 Å². The summed E-state index contributed by atoms with van der Waals surface area (Å²) in [4.78, 5) is 11.3. The van der Waals surface area contributed by atoms with Gasteiger partial charge in [0, 0.05) is 13.0 Å². The molecule has 0 spiro atoms. The summed E-state index contributed by atoms with van der Waals surface area (Å²) in [5.74, 6) is 0.231. The molecule has 0 atom stereocenters. The van der Waals surface area contributed by atoms with E-state index in [2.05, 4.69) is 19.2 Å². The van der Waals surface area contributed by atoms with Gasteiger partial charge in [0.15, 0.2) is 0 Å². The minimum absolute atomic E-state index is 0. The normalized spacial score (nSPS) is 9.89. The van der Waals surface area contributed by atoms with Gasteiger partial charge in [0.2, 0.25) is 5.91 Å². The third-order valence-corrected chi connectivity index (χ3v) is 3.08. The van der Waals surface area contributed by atoms with Gasteiger partial charge in [-0.1, -0.05) is 65.2 Å². The van der Waals surface area contributed by atoms with Crippen LogP contribution in [0.4, 0.5) is 0 Å². The third kappa shape index (κ3) is 16.5. The zero-order valence-corrected chi connectivity index (χ0v) is 14.9. The van der Waals surface area contributed by atoms with Crippen molar-refractivity contribution in [1.29, 1.82) is 0 Å². The predicted molar refractivity (Wildman–Crippen MR) is 76.3 cm³/mol. The number of rotatable bonds is 12. The second-order valence-electron chi connectivity index (χ2n) is 4.93. The monoisotopic (exact) mass is 265 g/mol. The molecule has 0 radical (unpaired) electrons. The first-order valence-electron chi connectivity index (χ1n) is 7.58. The fraction of sp³-hybridized carbons (Fsp3) is 0.933. The Hall–Kier alpha value is 0.470. The molecule has 0 aliphatic rings.